The van der Waals surface area contributed by atoms with Gasteiger partial charge in [0.1, 0.15) is 5.69 Å². The maximum atomic E-state index is 13.7. The van der Waals surface area contributed by atoms with Crippen LogP contribution in [0.25, 0.3) is 0 Å². The summed E-state index contributed by atoms with van der Waals surface area (Å²) in [5.74, 6) is -0.781. The number of para-hydroxylation sites is 1. The van der Waals surface area contributed by atoms with Crippen LogP contribution in [0, 0.1) is 21.3 Å². The van der Waals surface area contributed by atoms with Gasteiger partial charge in [0, 0.05) is 31.6 Å². The number of nitro groups is 1. The molecular weight excluding hydrogens is 289 g/mol. The Bertz CT molecular complexity index is 590. The molecule has 0 spiro atoms. The molecule has 1 aliphatic rings. The van der Waals surface area contributed by atoms with Gasteiger partial charge in [-0.15, -0.1) is 0 Å². The molecule has 1 aromatic rings. The first-order chi connectivity index (χ1) is 10.2. The number of carbonyl (C=O) groups excluding carboxylic acids is 1. The highest BCUT2D eigenvalue weighted by Gasteiger charge is 2.32. The molecule has 1 aliphatic heterocycles. The van der Waals surface area contributed by atoms with Crippen LogP contribution < -0.4 is 4.90 Å². The zero-order chi connectivity index (χ0) is 16.5. The molecule has 22 heavy (non-hydrogen) atoms. The number of carbonyl (C=O) groups is 1. The average molecular weight is 309 g/mol. The predicted octanol–water partition coefficient (Wildman–Crippen LogP) is 2.43. The molecule has 6 nitrogen and oxygen atoms in total. The first-order valence-electron chi connectivity index (χ1n) is 7.19. The summed E-state index contributed by atoms with van der Waals surface area (Å²) < 4.78 is 13.7. The van der Waals surface area contributed by atoms with Gasteiger partial charge in [-0.2, -0.15) is 4.39 Å². The lowest BCUT2D eigenvalue weighted by atomic mass is 9.94. The van der Waals surface area contributed by atoms with Crippen LogP contribution >= 0.6 is 0 Å². The van der Waals surface area contributed by atoms with Gasteiger partial charge in [0.2, 0.25) is 11.7 Å². The minimum absolute atomic E-state index is 0.0564. The first-order valence-corrected chi connectivity index (χ1v) is 7.19. The summed E-state index contributed by atoms with van der Waals surface area (Å²) in [6.45, 7) is 7.43. The second-order valence-electron chi connectivity index (χ2n) is 6.39. The van der Waals surface area contributed by atoms with Crippen LogP contribution in [0.3, 0.4) is 0 Å². The normalized spacial score (nSPS) is 15.8. The largest absolute Gasteiger partial charge is 0.362 e. The zero-order valence-electron chi connectivity index (χ0n) is 13.0. The Balaban J connectivity index is 2.15. The van der Waals surface area contributed by atoms with Gasteiger partial charge < -0.3 is 9.80 Å². The lowest BCUT2D eigenvalue weighted by Gasteiger charge is -2.38. The van der Waals surface area contributed by atoms with Crippen molar-refractivity contribution in [2.45, 2.75) is 20.8 Å². The van der Waals surface area contributed by atoms with E-state index in [0.29, 0.717) is 26.2 Å². The minimum Gasteiger partial charge on any atom is -0.362 e. The average Bonchev–Trinajstić information content (AvgIpc) is 2.45. The third-order valence-electron chi connectivity index (χ3n) is 3.70. The maximum absolute atomic E-state index is 13.7. The lowest BCUT2D eigenvalue weighted by Crippen LogP contribution is -2.51. The van der Waals surface area contributed by atoms with Crippen LogP contribution in [0.5, 0.6) is 0 Å². The van der Waals surface area contributed by atoms with Crippen molar-refractivity contribution in [1.82, 2.24) is 4.90 Å². The molecule has 0 aromatic heterocycles. The van der Waals surface area contributed by atoms with E-state index in [0.717, 1.165) is 6.07 Å². The lowest BCUT2D eigenvalue weighted by molar-refractivity contribution is -0.386. The monoisotopic (exact) mass is 309 g/mol. The van der Waals surface area contributed by atoms with Gasteiger partial charge in [0.15, 0.2) is 0 Å². The molecule has 1 fully saturated rings. The molecule has 1 saturated heterocycles. The summed E-state index contributed by atoms with van der Waals surface area (Å²) in [6.07, 6.45) is 0. The number of nitro benzene ring substituents is 1. The van der Waals surface area contributed by atoms with E-state index < -0.39 is 21.8 Å². The Morgan fingerprint density at radius 1 is 1.23 bits per heavy atom. The molecule has 2 rings (SSSR count). The first kappa shape index (κ1) is 16.2. The Labute approximate surface area is 128 Å². The molecule has 7 heteroatoms. The second-order valence-corrected chi connectivity index (χ2v) is 6.39. The number of amides is 1. The van der Waals surface area contributed by atoms with Crippen molar-refractivity contribution >= 4 is 17.3 Å². The Morgan fingerprint density at radius 2 is 1.82 bits per heavy atom. The quantitative estimate of drug-likeness (QED) is 0.621. The van der Waals surface area contributed by atoms with Crippen LogP contribution in [0.15, 0.2) is 18.2 Å². The molecule has 0 saturated carbocycles. The highest BCUT2D eigenvalue weighted by atomic mass is 19.1. The Hall–Kier alpha value is -2.18. The number of halogens is 1. The van der Waals surface area contributed by atoms with E-state index in [1.165, 1.54) is 6.07 Å². The van der Waals surface area contributed by atoms with Crippen molar-refractivity contribution in [3.05, 3.63) is 34.1 Å². The molecule has 0 radical (unpaired) electrons. The van der Waals surface area contributed by atoms with Gasteiger partial charge in [-0.25, -0.2) is 0 Å². The fourth-order valence-corrected chi connectivity index (χ4v) is 2.56. The number of rotatable bonds is 2. The van der Waals surface area contributed by atoms with Crippen molar-refractivity contribution in [2.24, 2.45) is 5.41 Å². The summed E-state index contributed by atoms with van der Waals surface area (Å²) in [6, 6.07) is 4.09. The van der Waals surface area contributed by atoms with Gasteiger partial charge in [-0.1, -0.05) is 26.8 Å². The molecule has 0 N–H and O–H groups in total. The molecule has 1 amide bonds. The van der Waals surface area contributed by atoms with E-state index in [1.807, 2.05) is 20.8 Å². The summed E-state index contributed by atoms with van der Waals surface area (Å²) in [5, 5.41) is 11.1. The zero-order valence-corrected chi connectivity index (χ0v) is 13.0. The molecule has 1 aromatic carbocycles. The standard InChI is InChI=1S/C15H20FN3O3/c1-15(2,3)14(20)18-9-7-17(8-10-18)12-6-4-5-11(16)13(12)19(21)22/h4-6H,7-10H2,1-3H3. The molecule has 0 aliphatic carbocycles. The van der Waals surface area contributed by atoms with E-state index in [9.17, 15) is 19.3 Å². The molecular formula is C15H20FN3O3. The molecule has 0 atom stereocenters. The number of nitrogens with zero attached hydrogens (tertiary/aromatic N) is 3. The van der Waals surface area contributed by atoms with Gasteiger partial charge in [0.05, 0.1) is 4.92 Å². The Morgan fingerprint density at radius 3 is 2.32 bits per heavy atom. The van der Waals surface area contributed by atoms with Gasteiger partial charge in [0.25, 0.3) is 0 Å². The van der Waals surface area contributed by atoms with E-state index in [1.54, 1.807) is 15.9 Å². The fraction of sp³-hybridized carbons (Fsp3) is 0.533. The van der Waals surface area contributed by atoms with Crippen LogP contribution in [-0.2, 0) is 4.79 Å². The second kappa shape index (κ2) is 5.90. The van der Waals surface area contributed by atoms with E-state index in [-0.39, 0.29) is 11.6 Å². The van der Waals surface area contributed by atoms with Crippen LogP contribution in [0.1, 0.15) is 20.8 Å². The van der Waals surface area contributed by atoms with E-state index >= 15 is 0 Å². The van der Waals surface area contributed by atoms with Gasteiger partial charge in [-0.05, 0) is 12.1 Å². The summed E-state index contributed by atoms with van der Waals surface area (Å²) in [4.78, 5) is 26.1. The molecule has 120 valence electrons. The Kier molecular flexibility index (Phi) is 4.35. The molecule has 1 heterocycles. The van der Waals surface area contributed by atoms with Crippen molar-refractivity contribution < 1.29 is 14.1 Å². The minimum atomic E-state index is -0.837. The third kappa shape index (κ3) is 3.18. The van der Waals surface area contributed by atoms with Gasteiger partial charge >= 0.3 is 5.69 Å². The van der Waals surface area contributed by atoms with Crippen molar-refractivity contribution in [3.63, 3.8) is 0 Å². The van der Waals surface area contributed by atoms with Crippen LogP contribution in [-0.4, -0.2) is 41.9 Å². The highest BCUT2D eigenvalue weighted by molar-refractivity contribution is 5.81. The molecule has 0 unspecified atom stereocenters. The van der Waals surface area contributed by atoms with Crippen molar-refractivity contribution in [2.75, 3.05) is 31.1 Å². The number of anilines is 1. The van der Waals surface area contributed by atoms with Crippen LogP contribution in [0.2, 0.25) is 0 Å². The topological polar surface area (TPSA) is 66.7 Å². The SMILES string of the molecule is CC(C)(C)C(=O)N1CCN(c2cccc(F)c2[N+](=O)[O-])CC1. The fourth-order valence-electron chi connectivity index (χ4n) is 2.56. The van der Waals surface area contributed by atoms with Crippen molar-refractivity contribution in [3.8, 4) is 0 Å². The predicted molar refractivity (Wildman–Crippen MR) is 81.3 cm³/mol. The maximum Gasteiger partial charge on any atom is 0.327 e. The van der Waals surface area contributed by atoms with Crippen LogP contribution in [0.4, 0.5) is 15.8 Å². The number of hydrogen-bond acceptors (Lipinski definition) is 4. The number of piperazine rings is 1. The summed E-state index contributed by atoms with van der Waals surface area (Å²) in [7, 11) is 0. The third-order valence-corrected chi connectivity index (χ3v) is 3.70. The summed E-state index contributed by atoms with van der Waals surface area (Å²) >= 11 is 0. The smallest absolute Gasteiger partial charge is 0.327 e. The highest BCUT2D eigenvalue weighted by Crippen LogP contribution is 2.31. The van der Waals surface area contributed by atoms with E-state index in [4.69, 9.17) is 0 Å². The number of benzene rings is 1. The number of hydrogen-bond donors (Lipinski definition) is 0. The summed E-state index contributed by atoms with van der Waals surface area (Å²) in [5.41, 5.74) is -0.682. The van der Waals surface area contributed by atoms with Crippen molar-refractivity contribution in [1.29, 1.82) is 0 Å². The van der Waals surface area contributed by atoms with Gasteiger partial charge in [-0.3, -0.25) is 14.9 Å². The van der Waals surface area contributed by atoms with E-state index in [2.05, 4.69) is 0 Å². The molecule has 0 bridgehead atoms.